The van der Waals surface area contributed by atoms with Gasteiger partial charge in [0.25, 0.3) is 0 Å². The van der Waals surface area contributed by atoms with E-state index in [1.54, 1.807) is 0 Å². The van der Waals surface area contributed by atoms with Gasteiger partial charge in [-0.1, -0.05) is 49.2 Å². The molecular weight excluding hydrogens is 382 g/mol. The maximum atomic E-state index is 13.1. The molecule has 4 heteroatoms. The van der Waals surface area contributed by atoms with Gasteiger partial charge < -0.3 is 9.64 Å². The van der Waals surface area contributed by atoms with Gasteiger partial charge in [-0.2, -0.15) is 0 Å². The lowest BCUT2D eigenvalue weighted by atomic mass is 9.95. The number of ketones is 1. The van der Waals surface area contributed by atoms with E-state index in [1.807, 2.05) is 19.1 Å². The minimum atomic E-state index is 0. The van der Waals surface area contributed by atoms with Crippen LogP contribution in [0.2, 0.25) is 0 Å². The number of nitrogens with zero attached hydrogens (tertiary/aromatic N) is 1. The van der Waals surface area contributed by atoms with Crippen LogP contribution in [0, 0.1) is 13.8 Å². The van der Waals surface area contributed by atoms with Crippen molar-refractivity contribution >= 4 is 29.0 Å². The third-order valence-corrected chi connectivity index (χ3v) is 5.75. The predicted octanol–water partition coefficient (Wildman–Crippen LogP) is 5.81. The number of hydrogen-bond acceptors (Lipinski definition) is 3. The first-order chi connectivity index (χ1) is 13.5. The molecular formula is C25H28ClNO2. The minimum absolute atomic E-state index is 0. The molecule has 0 saturated heterocycles. The second kappa shape index (κ2) is 8.56. The van der Waals surface area contributed by atoms with Gasteiger partial charge in [-0.15, -0.1) is 12.4 Å². The summed E-state index contributed by atoms with van der Waals surface area (Å²) in [6.45, 7) is 12.0. The average Bonchev–Trinajstić information content (AvgIpc) is 2.97. The summed E-state index contributed by atoms with van der Waals surface area (Å²) in [6, 6.07) is 14.5. The lowest BCUT2D eigenvalue weighted by molar-refractivity contribution is 0.104. The maximum absolute atomic E-state index is 13.1. The predicted molar refractivity (Wildman–Crippen MR) is 123 cm³/mol. The van der Waals surface area contributed by atoms with Gasteiger partial charge in [0.15, 0.2) is 5.78 Å². The van der Waals surface area contributed by atoms with Crippen LogP contribution in [0.4, 0.5) is 0 Å². The fourth-order valence-electron chi connectivity index (χ4n) is 4.13. The average molecular weight is 410 g/mol. The molecule has 0 aromatic heterocycles. The molecule has 0 heterocycles. The van der Waals surface area contributed by atoms with E-state index in [0.29, 0.717) is 6.61 Å². The highest BCUT2D eigenvalue weighted by Gasteiger charge is 2.30. The quantitative estimate of drug-likeness (QED) is 0.402. The Morgan fingerprint density at radius 1 is 0.828 bits per heavy atom. The van der Waals surface area contributed by atoms with Crippen molar-refractivity contribution in [3.63, 3.8) is 0 Å². The molecule has 0 N–H and O–H groups in total. The fraction of sp³-hybridized carbons (Fsp3) is 0.320. The Hall–Kier alpha value is -2.36. The first-order valence-corrected chi connectivity index (χ1v) is 10.1. The Bertz CT molecular complexity index is 1070. The van der Waals surface area contributed by atoms with Crippen molar-refractivity contribution in [2.45, 2.75) is 27.7 Å². The molecule has 3 aromatic rings. The number of carbonyl (C=O) groups excluding carboxylic acids is 1. The molecule has 0 amide bonds. The van der Waals surface area contributed by atoms with Gasteiger partial charge in [-0.25, -0.2) is 0 Å². The summed E-state index contributed by atoms with van der Waals surface area (Å²) in [5.41, 5.74) is 5.94. The van der Waals surface area contributed by atoms with Crippen LogP contribution in [-0.4, -0.2) is 36.9 Å². The van der Waals surface area contributed by atoms with Crippen LogP contribution in [0.25, 0.3) is 21.9 Å². The normalized spacial score (nSPS) is 12.1. The number of ether oxygens (including phenoxy) is 1. The number of carbonyl (C=O) groups is 1. The monoisotopic (exact) mass is 409 g/mol. The lowest BCUT2D eigenvalue weighted by Crippen LogP contribution is -2.27. The number of rotatable bonds is 6. The minimum Gasteiger partial charge on any atom is -0.492 e. The maximum Gasteiger partial charge on any atom is 0.194 e. The standard InChI is InChI=1S/C25H27NO2.ClH/c1-5-26(6-2)11-12-28-23-15-22-24(18-9-7-16(3)13-20(18)23)19-10-8-17(4)14-21(19)25(22)27;/h7-10,13-15H,5-6,11-12H2,1-4H3;1H. The summed E-state index contributed by atoms with van der Waals surface area (Å²) >= 11 is 0. The van der Waals surface area contributed by atoms with Crippen LogP contribution in [0.5, 0.6) is 5.75 Å². The summed E-state index contributed by atoms with van der Waals surface area (Å²) in [4.78, 5) is 15.5. The summed E-state index contributed by atoms with van der Waals surface area (Å²) in [6.07, 6.45) is 0. The topological polar surface area (TPSA) is 29.5 Å². The molecule has 4 rings (SSSR count). The first-order valence-electron chi connectivity index (χ1n) is 10.1. The van der Waals surface area contributed by atoms with E-state index in [0.717, 1.165) is 64.0 Å². The van der Waals surface area contributed by atoms with Crippen molar-refractivity contribution < 1.29 is 9.53 Å². The molecule has 3 nitrogen and oxygen atoms in total. The zero-order chi connectivity index (χ0) is 19.8. The number of aryl methyl sites for hydroxylation is 2. The summed E-state index contributed by atoms with van der Waals surface area (Å²) in [5.74, 6) is 0.909. The summed E-state index contributed by atoms with van der Waals surface area (Å²) < 4.78 is 6.21. The molecule has 0 atom stereocenters. The van der Waals surface area contributed by atoms with Gasteiger partial charge in [0.2, 0.25) is 0 Å². The van der Waals surface area contributed by atoms with Crippen LogP contribution >= 0.6 is 12.4 Å². The lowest BCUT2D eigenvalue weighted by Gasteiger charge is -2.19. The van der Waals surface area contributed by atoms with E-state index >= 15 is 0 Å². The van der Waals surface area contributed by atoms with Crippen LogP contribution in [0.1, 0.15) is 40.9 Å². The number of hydrogen-bond donors (Lipinski definition) is 0. The number of fused-ring (bicyclic) bond motifs is 5. The summed E-state index contributed by atoms with van der Waals surface area (Å²) in [5, 5.41) is 2.18. The van der Waals surface area contributed by atoms with E-state index in [-0.39, 0.29) is 18.2 Å². The van der Waals surface area contributed by atoms with Crippen LogP contribution < -0.4 is 4.74 Å². The van der Waals surface area contributed by atoms with Crippen LogP contribution in [0.15, 0.2) is 42.5 Å². The van der Waals surface area contributed by atoms with Gasteiger partial charge in [-0.3, -0.25) is 4.79 Å². The number of likely N-dealkylation sites (N-methyl/N-ethyl adjacent to an activating group) is 1. The van der Waals surface area contributed by atoms with Crippen molar-refractivity contribution in [3.05, 3.63) is 64.7 Å². The Morgan fingerprint density at radius 2 is 1.52 bits per heavy atom. The van der Waals surface area contributed by atoms with Gasteiger partial charge in [-0.05, 0) is 56.1 Å². The molecule has 3 aromatic carbocycles. The molecule has 0 spiro atoms. The van der Waals surface area contributed by atoms with Gasteiger partial charge in [0.1, 0.15) is 12.4 Å². The van der Waals surface area contributed by atoms with Crippen molar-refractivity contribution in [3.8, 4) is 16.9 Å². The molecule has 29 heavy (non-hydrogen) atoms. The van der Waals surface area contributed by atoms with Crippen molar-refractivity contribution in [1.29, 1.82) is 0 Å². The van der Waals surface area contributed by atoms with Gasteiger partial charge in [0.05, 0.1) is 0 Å². The largest absolute Gasteiger partial charge is 0.492 e. The highest BCUT2D eigenvalue weighted by Crippen LogP contribution is 2.45. The molecule has 152 valence electrons. The van der Waals surface area contributed by atoms with E-state index in [4.69, 9.17) is 4.74 Å². The molecule has 0 unspecified atom stereocenters. The van der Waals surface area contributed by atoms with Crippen LogP contribution in [-0.2, 0) is 0 Å². The Morgan fingerprint density at radius 3 is 2.24 bits per heavy atom. The Labute approximate surface area is 179 Å². The third-order valence-electron chi connectivity index (χ3n) is 5.75. The van der Waals surface area contributed by atoms with Crippen molar-refractivity contribution in [2.75, 3.05) is 26.2 Å². The van der Waals surface area contributed by atoms with Crippen LogP contribution in [0.3, 0.4) is 0 Å². The third kappa shape index (κ3) is 3.77. The van der Waals surface area contributed by atoms with E-state index in [2.05, 4.69) is 56.0 Å². The molecule has 1 aliphatic carbocycles. The zero-order valence-corrected chi connectivity index (χ0v) is 18.4. The van der Waals surface area contributed by atoms with E-state index < -0.39 is 0 Å². The Kier molecular flexibility index (Phi) is 6.30. The Balaban J connectivity index is 0.00000240. The van der Waals surface area contributed by atoms with Gasteiger partial charge >= 0.3 is 0 Å². The molecule has 0 fully saturated rings. The summed E-state index contributed by atoms with van der Waals surface area (Å²) in [7, 11) is 0. The van der Waals surface area contributed by atoms with E-state index in [1.165, 1.54) is 5.56 Å². The molecule has 1 aliphatic rings. The molecule has 0 radical (unpaired) electrons. The SMILES string of the molecule is CCN(CC)CCOc1cc2c(c3ccc(C)cc13)-c1ccc(C)cc1C2=O.Cl. The molecule has 0 saturated carbocycles. The van der Waals surface area contributed by atoms with Crippen molar-refractivity contribution in [2.24, 2.45) is 0 Å². The zero-order valence-electron chi connectivity index (χ0n) is 17.5. The highest BCUT2D eigenvalue weighted by atomic mass is 35.5. The van der Waals surface area contributed by atoms with Crippen molar-refractivity contribution in [1.82, 2.24) is 4.90 Å². The second-order valence-corrected chi connectivity index (χ2v) is 7.60. The second-order valence-electron chi connectivity index (χ2n) is 7.60. The molecule has 0 aliphatic heterocycles. The molecule has 0 bridgehead atoms. The smallest absolute Gasteiger partial charge is 0.194 e. The first kappa shape index (κ1) is 21.4. The fourth-order valence-corrected chi connectivity index (χ4v) is 4.13. The number of halogens is 1. The highest BCUT2D eigenvalue weighted by molar-refractivity contribution is 6.26. The number of benzene rings is 3. The van der Waals surface area contributed by atoms with Gasteiger partial charge in [0, 0.05) is 28.6 Å². The van der Waals surface area contributed by atoms with E-state index in [9.17, 15) is 4.79 Å².